The van der Waals surface area contributed by atoms with Gasteiger partial charge in [0, 0.05) is 13.0 Å². The molecule has 0 spiro atoms. The van der Waals surface area contributed by atoms with Crippen LogP contribution in [0.5, 0.6) is 0 Å². The summed E-state index contributed by atoms with van der Waals surface area (Å²) in [6.45, 7) is 2.84. The molecule has 5 nitrogen and oxygen atoms in total. The van der Waals surface area contributed by atoms with Crippen LogP contribution in [-0.2, 0) is 6.42 Å². The van der Waals surface area contributed by atoms with Crippen LogP contribution >= 0.6 is 0 Å². The van der Waals surface area contributed by atoms with Crippen LogP contribution in [0.25, 0.3) is 5.65 Å². The molecule has 74 valence electrons. The van der Waals surface area contributed by atoms with Gasteiger partial charge in [0.1, 0.15) is 0 Å². The molecule has 0 saturated carbocycles. The van der Waals surface area contributed by atoms with Crippen LogP contribution < -0.4 is 5.32 Å². The fraction of sp³-hybridized carbons (Fsp3) is 0.444. The van der Waals surface area contributed by atoms with Gasteiger partial charge in [-0.15, -0.1) is 10.2 Å². The van der Waals surface area contributed by atoms with Crippen LogP contribution in [0.15, 0.2) is 12.1 Å². The first-order valence-electron chi connectivity index (χ1n) is 4.64. The second-order valence-electron chi connectivity index (χ2n) is 3.21. The van der Waals surface area contributed by atoms with Gasteiger partial charge in [-0.25, -0.2) is 0 Å². The molecule has 0 aromatic carbocycles. The molecule has 5 heteroatoms. The number of nitrogens with zero attached hydrogens (tertiary/aromatic N) is 4. The Hall–Kier alpha value is -1.49. The average molecular weight is 191 g/mol. The largest absolute Gasteiger partial charge is 0.319 e. The molecule has 0 aliphatic carbocycles. The fourth-order valence-electron chi connectivity index (χ4n) is 1.32. The van der Waals surface area contributed by atoms with Crippen molar-refractivity contribution in [1.82, 2.24) is 25.1 Å². The summed E-state index contributed by atoms with van der Waals surface area (Å²) in [6.07, 6.45) is 0.841. The summed E-state index contributed by atoms with van der Waals surface area (Å²) in [5, 5.41) is 15.5. The van der Waals surface area contributed by atoms with E-state index < -0.39 is 0 Å². The molecule has 2 rings (SSSR count). The Bertz CT molecular complexity index is 434. The van der Waals surface area contributed by atoms with Gasteiger partial charge in [-0.3, -0.25) is 0 Å². The third kappa shape index (κ3) is 1.58. The van der Waals surface area contributed by atoms with Gasteiger partial charge in [0.15, 0.2) is 11.5 Å². The van der Waals surface area contributed by atoms with Gasteiger partial charge >= 0.3 is 0 Å². The van der Waals surface area contributed by atoms with E-state index in [1.54, 1.807) is 4.52 Å². The number of likely N-dealkylation sites (N-methyl/N-ethyl adjacent to an activating group) is 1. The van der Waals surface area contributed by atoms with Crippen LogP contribution in [0.3, 0.4) is 0 Å². The van der Waals surface area contributed by atoms with E-state index in [0.717, 1.165) is 30.1 Å². The number of rotatable bonds is 3. The predicted molar refractivity (Wildman–Crippen MR) is 53.1 cm³/mol. The molecule has 1 N–H and O–H groups in total. The fourth-order valence-corrected chi connectivity index (χ4v) is 1.32. The van der Waals surface area contributed by atoms with Crippen LogP contribution in [0.2, 0.25) is 0 Å². The van der Waals surface area contributed by atoms with Crippen LogP contribution in [-0.4, -0.2) is 33.4 Å². The number of hydrogen-bond acceptors (Lipinski definition) is 4. The van der Waals surface area contributed by atoms with Crippen molar-refractivity contribution >= 4 is 5.65 Å². The Morgan fingerprint density at radius 2 is 2.21 bits per heavy atom. The van der Waals surface area contributed by atoms with E-state index in [4.69, 9.17) is 0 Å². The molecule has 0 fully saturated rings. The normalized spacial score (nSPS) is 11.0. The molecule has 2 heterocycles. The molecular weight excluding hydrogens is 178 g/mol. The summed E-state index contributed by atoms with van der Waals surface area (Å²) in [5.41, 5.74) is 1.78. The van der Waals surface area contributed by atoms with Crippen molar-refractivity contribution in [3.8, 4) is 0 Å². The summed E-state index contributed by atoms with van der Waals surface area (Å²) in [6, 6.07) is 3.87. The van der Waals surface area contributed by atoms with Crippen LogP contribution in [0, 0.1) is 6.92 Å². The van der Waals surface area contributed by atoms with Crippen molar-refractivity contribution in [3.05, 3.63) is 23.7 Å². The number of fused-ring (bicyclic) bond motifs is 1. The Morgan fingerprint density at radius 1 is 1.36 bits per heavy atom. The second kappa shape index (κ2) is 3.71. The molecule has 0 saturated heterocycles. The van der Waals surface area contributed by atoms with Gasteiger partial charge < -0.3 is 5.32 Å². The van der Waals surface area contributed by atoms with Crippen molar-refractivity contribution in [1.29, 1.82) is 0 Å². The number of hydrogen-bond donors (Lipinski definition) is 1. The molecule has 2 aromatic heterocycles. The van der Waals surface area contributed by atoms with E-state index in [1.807, 2.05) is 26.1 Å². The first-order chi connectivity index (χ1) is 6.81. The molecule has 0 unspecified atom stereocenters. The van der Waals surface area contributed by atoms with E-state index in [0.29, 0.717) is 0 Å². The summed E-state index contributed by atoms with van der Waals surface area (Å²) in [5.74, 6) is 0.901. The lowest BCUT2D eigenvalue weighted by Crippen LogP contribution is -2.13. The third-order valence-electron chi connectivity index (χ3n) is 2.06. The van der Waals surface area contributed by atoms with Gasteiger partial charge in [-0.1, -0.05) is 0 Å². The van der Waals surface area contributed by atoms with Gasteiger partial charge in [0.05, 0.1) is 5.69 Å². The summed E-state index contributed by atoms with van der Waals surface area (Å²) in [4.78, 5) is 0. The third-order valence-corrected chi connectivity index (χ3v) is 2.06. The molecule has 14 heavy (non-hydrogen) atoms. The Labute approximate surface area is 82.2 Å². The number of aromatic nitrogens is 4. The Balaban J connectivity index is 2.40. The highest BCUT2D eigenvalue weighted by Crippen LogP contribution is 2.02. The molecule has 2 aromatic rings. The van der Waals surface area contributed by atoms with E-state index in [2.05, 4.69) is 20.6 Å². The summed E-state index contributed by atoms with van der Waals surface area (Å²) >= 11 is 0. The molecule has 0 amide bonds. The molecule has 0 aliphatic rings. The molecule has 0 atom stereocenters. The van der Waals surface area contributed by atoms with Crippen molar-refractivity contribution in [2.24, 2.45) is 0 Å². The monoisotopic (exact) mass is 191 g/mol. The topological polar surface area (TPSA) is 55.1 Å². The lowest BCUT2D eigenvalue weighted by molar-refractivity contribution is 0.720. The van der Waals surface area contributed by atoms with Crippen molar-refractivity contribution in [2.75, 3.05) is 13.6 Å². The SMILES string of the molecule is CNCCc1nnc2ccc(C)nn12. The quantitative estimate of drug-likeness (QED) is 0.752. The Morgan fingerprint density at radius 3 is 3.00 bits per heavy atom. The van der Waals surface area contributed by atoms with E-state index in [-0.39, 0.29) is 0 Å². The zero-order chi connectivity index (χ0) is 9.97. The van der Waals surface area contributed by atoms with E-state index in [9.17, 15) is 0 Å². The Kier molecular flexibility index (Phi) is 2.41. The van der Waals surface area contributed by atoms with Crippen molar-refractivity contribution in [2.45, 2.75) is 13.3 Å². The smallest absolute Gasteiger partial charge is 0.177 e. The first kappa shape index (κ1) is 9.08. The van der Waals surface area contributed by atoms with Gasteiger partial charge in [-0.2, -0.15) is 9.61 Å². The average Bonchev–Trinajstić information content (AvgIpc) is 2.57. The van der Waals surface area contributed by atoms with Gasteiger partial charge in [0.2, 0.25) is 0 Å². The lowest BCUT2D eigenvalue weighted by atomic mass is 10.4. The predicted octanol–water partition coefficient (Wildman–Crippen LogP) is 0.195. The summed E-state index contributed by atoms with van der Waals surface area (Å²) in [7, 11) is 1.92. The maximum Gasteiger partial charge on any atom is 0.177 e. The highest BCUT2D eigenvalue weighted by atomic mass is 15.4. The molecule has 0 bridgehead atoms. The van der Waals surface area contributed by atoms with Gasteiger partial charge in [-0.05, 0) is 26.1 Å². The van der Waals surface area contributed by atoms with E-state index in [1.165, 1.54) is 0 Å². The zero-order valence-corrected chi connectivity index (χ0v) is 8.36. The minimum Gasteiger partial charge on any atom is -0.319 e. The van der Waals surface area contributed by atoms with Crippen molar-refractivity contribution < 1.29 is 0 Å². The summed E-state index contributed by atoms with van der Waals surface area (Å²) < 4.78 is 1.80. The minimum absolute atomic E-state index is 0.807. The minimum atomic E-state index is 0.807. The van der Waals surface area contributed by atoms with Crippen LogP contribution in [0.1, 0.15) is 11.5 Å². The van der Waals surface area contributed by atoms with Crippen molar-refractivity contribution in [3.63, 3.8) is 0 Å². The molecular formula is C9H13N5. The second-order valence-corrected chi connectivity index (χ2v) is 3.21. The maximum atomic E-state index is 4.35. The highest BCUT2D eigenvalue weighted by Gasteiger charge is 2.05. The first-order valence-corrected chi connectivity index (χ1v) is 4.64. The van der Waals surface area contributed by atoms with Crippen LogP contribution in [0.4, 0.5) is 0 Å². The molecule has 0 radical (unpaired) electrons. The van der Waals surface area contributed by atoms with Gasteiger partial charge in [0.25, 0.3) is 0 Å². The zero-order valence-electron chi connectivity index (χ0n) is 8.36. The number of aryl methyl sites for hydroxylation is 1. The standard InChI is InChI=1S/C9H13N5/c1-7-3-4-8-11-12-9(5-6-10-2)14(8)13-7/h3-4,10H,5-6H2,1-2H3. The van der Waals surface area contributed by atoms with E-state index >= 15 is 0 Å². The number of nitrogens with one attached hydrogen (secondary N) is 1. The molecule has 0 aliphatic heterocycles. The maximum absolute atomic E-state index is 4.35. The lowest BCUT2D eigenvalue weighted by Gasteiger charge is -1.98. The highest BCUT2D eigenvalue weighted by molar-refractivity contribution is 5.35.